The van der Waals surface area contributed by atoms with Crippen molar-refractivity contribution in [2.75, 3.05) is 13.2 Å². The summed E-state index contributed by atoms with van der Waals surface area (Å²) in [5, 5.41) is 19.2. The number of aromatic nitrogens is 3. The summed E-state index contributed by atoms with van der Waals surface area (Å²) in [5.74, 6) is -3.31. The third-order valence-electron chi connectivity index (χ3n) is 4.12. The lowest BCUT2D eigenvalue weighted by atomic mass is 10.1. The van der Waals surface area contributed by atoms with Crippen LogP contribution in [-0.4, -0.2) is 49.5 Å². The summed E-state index contributed by atoms with van der Waals surface area (Å²) in [7, 11) is 0. The van der Waals surface area contributed by atoms with Gasteiger partial charge in [0.2, 0.25) is 0 Å². The summed E-state index contributed by atoms with van der Waals surface area (Å²) in [6, 6.07) is 0. The van der Waals surface area contributed by atoms with E-state index in [0.29, 0.717) is 0 Å². The summed E-state index contributed by atoms with van der Waals surface area (Å²) in [6.07, 6.45) is -0.698. The minimum absolute atomic E-state index is 0.172. The number of nitrogens with zero attached hydrogens (tertiary/aromatic N) is 2. The minimum atomic E-state index is -2.43. The van der Waals surface area contributed by atoms with Crippen molar-refractivity contribution in [2.45, 2.75) is 52.0 Å². The van der Waals surface area contributed by atoms with Gasteiger partial charge in [-0.3, -0.25) is 4.98 Å². The Kier molecular flexibility index (Phi) is 6.87. The molecule has 2 atom stereocenters. The smallest absolute Gasteiger partial charge is 0.358 e. The molecule has 0 fully saturated rings. The van der Waals surface area contributed by atoms with Crippen molar-refractivity contribution < 1.29 is 29.3 Å². The summed E-state index contributed by atoms with van der Waals surface area (Å²) in [4.78, 5) is 63.1. The van der Waals surface area contributed by atoms with E-state index in [1.54, 1.807) is 4.98 Å². The predicted octanol–water partition coefficient (Wildman–Crippen LogP) is -0.934. The molecule has 152 valence electrons. The highest BCUT2D eigenvalue weighted by atomic mass is 16.6. The molecule has 1 aromatic heterocycles. The summed E-state index contributed by atoms with van der Waals surface area (Å²) >= 11 is 0. The van der Waals surface area contributed by atoms with Crippen LogP contribution in [0.2, 0.25) is 0 Å². The molecule has 0 aliphatic rings. The molecular formula is C15H23N3O9. The van der Waals surface area contributed by atoms with Gasteiger partial charge in [-0.15, -0.1) is 0 Å². The third kappa shape index (κ3) is 3.45. The van der Waals surface area contributed by atoms with Crippen molar-refractivity contribution in [1.29, 1.82) is 0 Å². The molecule has 1 aromatic rings. The van der Waals surface area contributed by atoms with Crippen molar-refractivity contribution in [3.8, 4) is 0 Å². The van der Waals surface area contributed by atoms with E-state index in [1.807, 2.05) is 0 Å². The van der Waals surface area contributed by atoms with E-state index in [2.05, 4.69) is 0 Å². The van der Waals surface area contributed by atoms with Gasteiger partial charge in [-0.1, -0.05) is 13.8 Å². The summed E-state index contributed by atoms with van der Waals surface area (Å²) in [5.41, 5.74) is -9.02. The molecule has 12 heteroatoms. The van der Waals surface area contributed by atoms with Gasteiger partial charge in [0.05, 0.1) is 0 Å². The molecular weight excluding hydrogens is 366 g/mol. The van der Waals surface area contributed by atoms with Crippen LogP contribution in [0.25, 0.3) is 0 Å². The average Bonchev–Trinajstić information content (AvgIpc) is 2.58. The van der Waals surface area contributed by atoms with Crippen LogP contribution < -0.4 is 17.1 Å². The Morgan fingerprint density at radius 2 is 1.19 bits per heavy atom. The standard InChI is InChI=1S/C15H23N3O9/c1-5-14(9(19)20,26-7-3)17-11(23)16-12(24)18(13(17)25)15(6-2,10(21)22)27-8-4/h5-8H2,1-4H3,(H,19,20)(H,21,22)(H,16,23,24). The van der Waals surface area contributed by atoms with Gasteiger partial charge in [0, 0.05) is 26.1 Å². The Bertz CT molecular complexity index is 816. The maximum atomic E-state index is 13.0. The zero-order chi connectivity index (χ0) is 21.0. The molecule has 0 saturated carbocycles. The number of aliphatic carboxylic acids is 2. The SMILES string of the molecule is CCOC(CC)(C(=O)O)n1c(=O)[nH]c(=O)n(C(CC)(OCC)C(=O)O)c1=O. The van der Waals surface area contributed by atoms with E-state index < -0.39 is 40.5 Å². The van der Waals surface area contributed by atoms with Crippen LogP contribution in [-0.2, 0) is 30.5 Å². The van der Waals surface area contributed by atoms with Crippen LogP contribution in [0.3, 0.4) is 0 Å². The second-order valence-corrected chi connectivity index (χ2v) is 5.44. The molecule has 27 heavy (non-hydrogen) atoms. The van der Waals surface area contributed by atoms with E-state index in [0.717, 1.165) is 0 Å². The molecule has 0 aliphatic carbocycles. The Labute approximate surface area is 153 Å². The maximum Gasteiger partial charge on any atom is 0.358 e. The van der Waals surface area contributed by atoms with E-state index in [9.17, 15) is 34.2 Å². The third-order valence-corrected chi connectivity index (χ3v) is 4.12. The fraction of sp³-hybridized carbons (Fsp3) is 0.667. The number of carboxylic acids is 2. The van der Waals surface area contributed by atoms with Crippen LogP contribution >= 0.6 is 0 Å². The van der Waals surface area contributed by atoms with E-state index >= 15 is 0 Å². The fourth-order valence-corrected chi connectivity index (χ4v) is 2.86. The molecule has 0 radical (unpaired) electrons. The Hall–Kier alpha value is -2.73. The molecule has 0 bridgehead atoms. The quantitative estimate of drug-likeness (QED) is 0.457. The number of hydrogen-bond donors (Lipinski definition) is 3. The first kappa shape index (κ1) is 22.3. The normalized spacial score (nSPS) is 15.7. The monoisotopic (exact) mass is 389 g/mol. The van der Waals surface area contributed by atoms with Gasteiger partial charge in [0.1, 0.15) is 0 Å². The second kappa shape index (κ2) is 8.31. The van der Waals surface area contributed by atoms with E-state index in [-0.39, 0.29) is 35.2 Å². The number of nitrogens with one attached hydrogen (secondary N) is 1. The zero-order valence-corrected chi connectivity index (χ0v) is 15.5. The zero-order valence-electron chi connectivity index (χ0n) is 15.5. The van der Waals surface area contributed by atoms with Crippen LogP contribution in [0.4, 0.5) is 0 Å². The molecule has 0 aromatic carbocycles. The number of hydrogen-bond acceptors (Lipinski definition) is 7. The van der Waals surface area contributed by atoms with Gasteiger partial charge in [0.15, 0.2) is 0 Å². The lowest BCUT2D eigenvalue weighted by Gasteiger charge is -2.32. The van der Waals surface area contributed by atoms with Crippen molar-refractivity contribution in [1.82, 2.24) is 14.1 Å². The summed E-state index contributed by atoms with van der Waals surface area (Å²) in [6.45, 7) is 5.28. The number of rotatable bonds is 10. The molecule has 0 saturated heterocycles. The van der Waals surface area contributed by atoms with Gasteiger partial charge < -0.3 is 19.7 Å². The number of H-pyrrole nitrogens is 1. The van der Waals surface area contributed by atoms with Crippen LogP contribution in [0.15, 0.2) is 14.4 Å². The predicted molar refractivity (Wildman–Crippen MR) is 90.6 cm³/mol. The largest absolute Gasteiger partial charge is 0.478 e. The molecule has 2 unspecified atom stereocenters. The lowest BCUT2D eigenvalue weighted by Crippen LogP contribution is -2.65. The first-order valence-corrected chi connectivity index (χ1v) is 8.33. The van der Waals surface area contributed by atoms with Crippen LogP contribution in [0.1, 0.15) is 40.5 Å². The summed E-state index contributed by atoms with van der Waals surface area (Å²) < 4.78 is 10.8. The van der Waals surface area contributed by atoms with Gasteiger partial charge in [-0.2, -0.15) is 0 Å². The highest BCUT2D eigenvalue weighted by Crippen LogP contribution is 2.22. The lowest BCUT2D eigenvalue weighted by molar-refractivity contribution is -0.190. The molecule has 3 N–H and O–H groups in total. The Morgan fingerprint density at radius 3 is 1.41 bits per heavy atom. The highest BCUT2D eigenvalue weighted by Gasteiger charge is 2.48. The van der Waals surface area contributed by atoms with Crippen LogP contribution in [0, 0.1) is 0 Å². The van der Waals surface area contributed by atoms with Crippen molar-refractivity contribution >= 4 is 11.9 Å². The van der Waals surface area contributed by atoms with E-state index in [1.165, 1.54) is 27.7 Å². The Balaban J connectivity index is 4.11. The second-order valence-electron chi connectivity index (χ2n) is 5.44. The number of carboxylic acid groups (broad SMARTS) is 2. The number of carbonyl (C=O) groups is 2. The van der Waals surface area contributed by atoms with Gasteiger partial charge in [-0.05, 0) is 13.8 Å². The van der Waals surface area contributed by atoms with Gasteiger partial charge in [0.25, 0.3) is 11.4 Å². The molecule has 1 rings (SSSR count). The highest BCUT2D eigenvalue weighted by molar-refractivity contribution is 5.75. The van der Waals surface area contributed by atoms with Crippen LogP contribution in [0.5, 0.6) is 0 Å². The van der Waals surface area contributed by atoms with Gasteiger partial charge >= 0.3 is 29.0 Å². The molecule has 12 nitrogen and oxygen atoms in total. The molecule has 0 spiro atoms. The number of ether oxygens (including phenoxy) is 2. The topological polar surface area (TPSA) is 170 Å². The van der Waals surface area contributed by atoms with Gasteiger partial charge in [-0.25, -0.2) is 33.1 Å². The maximum absolute atomic E-state index is 13.0. The first-order chi connectivity index (χ1) is 12.6. The van der Waals surface area contributed by atoms with Crippen molar-refractivity contribution in [3.63, 3.8) is 0 Å². The van der Waals surface area contributed by atoms with Crippen molar-refractivity contribution in [2.24, 2.45) is 0 Å². The fourth-order valence-electron chi connectivity index (χ4n) is 2.86. The molecule has 0 aliphatic heterocycles. The molecule has 1 heterocycles. The first-order valence-electron chi connectivity index (χ1n) is 8.33. The minimum Gasteiger partial charge on any atom is -0.478 e. The molecule has 0 amide bonds. The van der Waals surface area contributed by atoms with Crippen molar-refractivity contribution in [3.05, 3.63) is 31.5 Å². The van der Waals surface area contributed by atoms with E-state index in [4.69, 9.17) is 9.47 Å². The number of aromatic amines is 1. The Morgan fingerprint density at radius 1 is 0.852 bits per heavy atom. The average molecular weight is 389 g/mol.